The normalized spacial score (nSPS) is 16.1. The first-order valence-corrected chi connectivity index (χ1v) is 15.9. The van der Waals surface area contributed by atoms with Crippen molar-refractivity contribution in [1.29, 1.82) is 0 Å². The summed E-state index contributed by atoms with van der Waals surface area (Å²) >= 11 is 0. The van der Waals surface area contributed by atoms with E-state index in [4.69, 9.17) is 56.8 Å². The molecule has 1 aliphatic rings. The zero-order chi connectivity index (χ0) is 39.7. The van der Waals surface area contributed by atoms with Gasteiger partial charge in [0.1, 0.15) is 6.10 Å². The first-order chi connectivity index (χ1) is 25.9. The molecule has 1 N–H and O–H groups in total. The van der Waals surface area contributed by atoms with Crippen LogP contribution in [-0.2, 0) is 19.0 Å². The number of benzene rings is 3. The van der Waals surface area contributed by atoms with Crippen molar-refractivity contribution in [3.8, 4) is 51.7 Å². The van der Waals surface area contributed by atoms with Crippen molar-refractivity contribution in [3.63, 3.8) is 0 Å². The van der Waals surface area contributed by atoms with Gasteiger partial charge in [-0.2, -0.15) is 0 Å². The molecule has 0 spiro atoms. The number of aliphatic carboxylic acids is 1. The highest BCUT2D eigenvalue weighted by Crippen LogP contribution is 2.41. The summed E-state index contributed by atoms with van der Waals surface area (Å²) in [6.07, 6.45) is -4.14. The van der Waals surface area contributed by atoms with E-state index in [-0.39, 0.29) is 74.0 Å². The van der Waals surface area contributed by atoms with E-state index in [1.54, 1.807) is 0 Å². The van der Waals surface area contributed by atoms with Gasteiger partial charge in [0.2, 0.25) is 17.2 Å². The molecule has 17 heteroatoms. The van der Waals surface area contributed by atoms with Crippen LogP contribution in [0.15, 0.2) is 48.0 Å². The SMILES string of the molecule is COc1cc(C(=O)O[C@@H]2[C@H](OC(=O)c3cc(OC)c(OC)c(OC)c3)C=C(C(=O)O)C[C@H]2OC(=O)c2cc(OC)c(OC)c(OC)c2)cc(OC)c1OC. The van der Waals surface area contributed by atoms with Crippen LogP contribution in [0, 0.1) is 0 Å². The van der Waals surface area contributed by atoms with E-state index in [0.29, 0.717) is 0 Å². The number of hydrogen-bond acceptors (Lipinski definition) is 16. The first kappa shape index (κ1) is 40.3. The molecule has 0 bridgehead atoms. The Bertz CT molecular complexity index is 1840. The standard InChI is InChI=1S/C37H40O17/c1-43-22-12-19(13-23(44-2)30(22)49-7)35(40)52-28-10-18(34(38)39)11-29(53-36(41)20-14-24(45-3)31(50-8)25(15-20)46-4)33(28)54-37(42)21-16-26(47-5)32(51-9)27(17-21)48-6/h10,12-17,28-29,33H,11H2,1-9H3,(H,38,39)/t28-,29-,33-/m1/s1. The second kappa shape index (κ2) is 17.8. The zero-order valence-corrected chi connectivity index (χ0v) is 31.0. The minimum Gasteiger partial charge on any atom is -0.493 e. The highest BCUT2D eigenvalue weighted by Gasteiger charge is 2.43. The van der Waals surface area contributed by atoms with Gasteiger partial charge in [-0.25, -0.2) is 19.2 Å². The molecule has 0 aromatic heterocycles. The van der Waals surface area contributed by atoms with Crippen LogP contribution >= 0.6 is 0 Å². The lowest BCUT2D eigenvalue weighted by molar-refractivity contribution is -0.134. The number of hydrogen-bond donors (Lipinski definition) is 1. The van der Waals surface area contributed by atoms with Crippen molar-refractivity contribution >= 4 is 23.9 Å². The quantitative estimate of drug-likeness (QED) is 0.161. The fourth-order valence-electron chi connectivity index (χ4n) is 5.60. The summed E-state index contributed by atoms with van der Waals surface area (Å²) in [6, 6.07) is 7.90. The van der Waals surface area contributed by atoms with E-state index < -0.39 is 48.6 Å². The Balaban J connectivity index is 1.82. The topological polar surface area (TPSA) is 199 Å². The molecule has 0 aliphatic heterocycles. The molecule has 4 rings (SSSR count). The van der Waals surface area contributed by atoms with Gasteiger partial charge in [0.05, 0.1) is 80.7 Å². The summed E-state index contributed by atoms with van der Waals surface area (Å²) in [5, 5.41) is 10.1. The molecule has 0 saturated carbocycles. The predicted molar refractivity (Wildman–Crippen MR) is 186 cm³/mol. The van der Waals surface area contributed by atoms with Gasteiger partial charge in [-0.15, -0.1) is 0 Å². The summed E-state index contributed by atoms with van der Waals surface area (Å²) in [7, 11) is 12.2. The number of esters is 3. The average molecular weight is 757 g/mol. The van der Waals surface area contributed by atoms with Crippen molar-refractivity contribution in [2.45, 2.75) is 24.7 Å². The summed E-state index contributed by atoms with van der Waals surface area (Å²) < 4.78 is 65.7. The van der Waals surface area contributed by atoms with Gasteiger partial charge >= 0.3 is 23.9 Å². The summed E-state index contributed by atoms with van der Waals surface area (Å²) in [6.45, 7) is 0. The highest BCUT2D eigenvalue weighted by molar-refractivity contribution is 5.94. The zero-order valence-electron chi connectivity index (χ0n) is 31.0. The second-order valence-corrected chi connectivity index (χ2v) is 11.1. The van der Waals surface area contributed by atoms with Gasteiger partial charge in [0, 0.05) is 12.0 Å². The molecular formula is C37H40O17. The second-order valence-electron chi connectivity index (χ2n) is 11.1. The van der Waals surface area contributed by atoms with Crippen molar-refractivity contribution < 1.29 is 81.1 Å². The molecule has 1 aliphatic carbocycles. The molecule has 3 atom stereocenters. The van der Waals surface area contributed by atoms with Crippen molar-refractivity contribution in [2.24, 2.45) is 0 Å². The number of ether oxygens (including phenoxy) is 12. The van der Waals surface area contributed by atoms with Crippen LogP contribution in [0.25, 0.3) is 0 Å². The number of carboxylic acid groups (broad SMARTS) is 1. The molecule has 290 valence electrons. The van der Waals surface area contributed by atoms with Crippen LogP contribution in [0.3, 0.4) is 0 Å². The lowest BCUT2D eigenvalue weighted by atomic mass is 9.91. The van der Waals surface area contributed by atoms with E-state index in [2.05, 4.69) is 0 Å². The monoisotopic (exact) mass is 756 g/mol. The molecule has 0 radical (unpaired) electrons. The molecule has 54 heavy (non-hydrogen) atoms. The summed E-state index contributed by atoms with van der Waals surface area (Å²) in [5.74, 6) is -3.10. The van der Waals surface area contributed by atoms with Gasteiger partial charge in [0.25, 0.3) is 0 Å². The Kier molecular flexibility index (Phi) is 13.3. The molecule has 0 heterocycles. The molecule has 3 aromatic carbocycles. The first-order valence-electron chi connectivity index (χ1n) is 15.9. The van der Waals surface area contributed by atoms with Gasteiger partial charge in [-0.1, -0.05) is 0 Å². The summed E-state index contributed by atoms with van der Waals surface area (Å²) in [5.41, 5.74) is -0.583. The number of methoxy groups -OCH3 is 9. The number of carbonyl (C=O) groups excluding carboxylic acids is 3. The van der Waals surface area contributed by atoms with Crippen LogP contribution in [0.1, 0.15) is 37.5 Å². The number of rotatable bonds is 16. The molecular weight excluding hydrogens is 716 g/mol. The molecule has 0 saturated heterocycles. The van der Waals surface area contributed by atoms with Crippen LogP contribution < -0.4 is 42.6 Å². The smallest absolute Gasteiger partial charge is 0.339 e. The van der Waals surface area contributed by atoms with Gasteiger partial charge in [-0.3, -0.25) is 0 Å². The average Bonchev–Trinajstić information content (AvgIpc) is 3.19. The van der Waals surface area contributed by atoms with Crippen LogP contribution in [0.5, 0.6) is 51.7 Å². The molecule has 17 nitrogen and oxygen atoms in total. The van der Waals surface area contributed by atoms with Gasteiger partial charge < -0.3 is 61.9 Å². The minimum atomic E-state index is -1.62. The largest absolute Gasteiger partial charge is 0.493 e. The van der Waals surface area contributed by atoms with Crippen molar-refractivity contribution in [3.05, 3.63) is 64.7 Å². The van der Waals surface area contributed by atoms with E-state index in [0.717, 1.165) is 6.08 Å². The van der Waals surface area contributed by atoms with Gasteiger partial charge in [0.15, 0.2) is 46.7 Å². The number of carboxylic acids is 1. The highest BCUT2D eigenvalue weighted by atomic mass is 16.6. The molecule has 0 unspecified atom stereocenters. The van der Waals surface area contributed by atoms with E-state index in [1.807, 2.05) is 0 Å². The van der Waals surface area contributed by atoms with Crippen LogP contribution in [-0.4, -0.2) is 111 Å². The third-order valence-electron chi connectivity index (χ3n) is 8.20. The Morgan fingerprint density at radius 2 is 0.796 bits per heavy atom. The Labute approximate surface area is 310 Å². The maximum atomic E-state index is 13.9. The fourth-order valence-corrected chi connectivity index (χ4v) is 5.60. The Hall–Kier alpha value is -6.52. The Morgan fingerprint density at radius 1 is 0.481 bits per heavy atom. The third-order valence-corrected chi connectivity index (χ3v) is 8.20. The minimum absolute atomic E-state index is 0.0865. The van der Waals surface area contributed by atoms with Gasteiger partial charge in [-0.05, 0) is 42.5 Å². The molecule has 0 fully saturated rings. The lowest BCUT2D eigenvalue weighted by Gasteiger charge is -2.35. The van der Waals surface area contributed by atoms with Crippen molar-refractivity contribution in [1.82, 2.24) is 0 Å². The van der Waals surface area contributed by atoms with E-state index in [9.17, 15) is 24.3 Å². The lowest BCUT2D eigenvalue weighted by Crippen LogP contribution is -2.48. The number of carbonyl (C=O) groups is 4. The predicted octanol–water partition coefficient (Wildman–Crippen LogP) is 4.16. The van der Waals surface area contributed by atoms with Crippen LogP contribution in [0.4, 0.5) is 0 Å². The fraction of sp³-hybridized carbons (Fsp3) is 0.351. The maximum Gasteiger partial charge on any atom is 0.339 e. The molecule has 0 amide bonds. The Morgan fingerprint density at radius 3 is 1.09 bits per heavy atom. The molecule has 3 aromatic rings. The maximum absolute atomic E-state index is 13.9. The van der Waals surface area contributed by atoms with Crippen molar-refractivity contribution in [2.75, 3.05) is 64.0 Å². The van der Waals surface area contributed by atoms with E-state index >= 15 is 0 Å². The van der Waals surface area contributed by atoms with Crippen LogP contribution in [0.2, 0.25) is 0 Å². The van der Waals surface area contributed by atoms with E-state index in [1.165, 1.54) is 100 Å². The summed E-state index contributed by atoms with van der Waals surface area (Å²) in [4.78, 5) is 53.7. The third kappa shape index (κ3) is 8.40.